The summed E-state index contributed by atoms with van der Waals surface area (Å²) in [6.45, 7) is 6.85. The Balaban J connectivity index is 0.00000320. The third kappa shape index (κ3) is 7.07. The van der Waals surface area contributed by atoms with Crippen molar-refractivity contribution in [1.29, 1.82) is 0 Å². The van der Waals surface area contributed by atoms with E-state index in [2.05, 4.69) is 38.0 Å². The number of rotatable bonds is 8. The lowest BCUT2D eigenvalue weighted by Gasteiger charge is -2.34. The van der Waals surface area contributed by atoms with Gasteiger partial charge in [0, 0.05) is 38.1 Å². The van der Waals surface area contributed by atoms with E-state index in [1.165, 1.54) is 10.9 Å². The van der Waals surface area contributed by atoms with E-state index < -0.39 is 0 Å². The molecule has 0 spiro atoms. The van der Waals surface area contributed by atoms with Crippen LogP contribution in [-0.4, -0.2) is 57.4 Å². The smallest absolute Gasteiger partial charge is 0.191 e. The van der Waals surface area contributed by atoms with Crippen LogP contribution in [0.25, 0.3) is 0 Å². The molecule has 0 aliphatic carbocycles. The second-order valence-electron chi connectivity index (χ2n) is 6.68. The molecule has 9 heteroatoms. The lowest BCUT2D eigenvalue weighted by Crippen LogP contribution is -2.46. The van der Waals surface area contributed by atoms with E-state index in [-0.39, 0.29) is 41.6 Å². The lowest BCUT2D eigenvalue weighted by molar-refractivity contribution is 0.0177. The zero-order chi connectivity index (χ0) is 20.5. The van der Waals surface area contributed by atoms with Crippen LogP contribution in [-0.2, 0) is 11.3 Å². The number of nitrogens with zero attached hydrogens (tertiary/aromatic N) is 2. The van der Waals surface area contributed by atoms with Gasteiger partial charge in [0.1, 0.15) is 0 Å². The number of benzene rings is 1. The maximum Gasteiger partial charge on any atom is 0.191 e. The second-order valence-corrected chi connectivity index (χ2v) is 7.66. The highest BCUT2D eigenvalue weighted by atomic mass is 127. The molecule has 2 N–H and O–H groups in total. The molecule has 166 valence electrons. The first-order chi connectivity index (χ1) is 14.2. The third-order valence-electron chi connectivity index (χ3n) is 4.80. The Morgan fingerprint density at radius 3 is 2.73 bits per heavy atom. The molecule has 1 saturated heterocycles. The summed E-state index contributed by atoms with van der Waals surface area (Å²) in [6, 6.07) is 9.54. The van der Waals surface area contributed by atoms with Gasteiger partial charge in [-0.05, 0) is 36.1 Å². The normalized spacial score (nSPS) is 15.9. The average Bonchev–Trinajstić information content (AvgIpc) is 3.28. The fourth-order valence-corrected chi connectivity index (χ4v) is 4.17. The van der Waals surface area contributed by atoms with Crippen molar-refractivity contribution in [3.63, 3.8) is 0 Å². The van der Waals surface area contributed by atoms with E-state index in [0.29, 0.717) is 19.1 Å². The van der Waals surface area contributed by atoms with Crippen LogP contribution in [0.5, 0.6) is 5.75 Å². The van der Waals surface area contributed by atoms with Crippen LogP contribution < -0.4 is 15.4 Å². The number of ether oxygens (including phenoxy) is 2. The van der Waals surface area contributed by atoms with Gasteiger partial charge in [-0.3, -0.25) is 9.89 Å². The third-order valence-corrected chi connectivity index (χ3v) is 5.77. The number of aliphatic imine (C=N–C) groups is 1. The maximum absolute atomic E-state index is 14.0. The summed E-state index contributed by atoms with van der Waals surface area (Å²) < 4.78 is 24.8. The zero-order valence-electron chi connectivity index (χ0n) is 17.4. The Bertz CT molecular complexity index is 785. The molecule has 1 aromatic heterocycles. The molecule has 30 heavy (non-hydrogen) atoms. The predicted octanol–water partition coefficient (Wildman–Crippen LogP) is 3.64. The fourth-order valence-electron chi connectivity index (χ4n) is 3.31. The van der Waals surface area contributed by atoms with Crippen molar-refractivity contribution in [2.45, 2.75) is 19.5 Å². The number of hydrogen-bond donors (Lipinski definition) is 2. The largest absolute Gasteiger partial charge is 0.491 e. The molecule has 0 bridgehead atoms. The molecule has 1 atom stereocenters. The van der Waals surface area contributed by atoms with Gasteiger partial charge in [0.25, 0.3) is 0 Å². The van der Waals surface area contributed by atoms with Crippen LogP contribution in [0, 0.1) is 5.82 Å². The minimum atomic E-state index is -0.348. The first-order valence-electron chi connectivity index (χ1n) is 9.92. The molecule has 1 unspecified atom stereocenters. The number of guanidine groups is 1. The summed E-state index contributed by atoms with van der Waals surface area (Å²) in [6.07, 6.45) is 0. The number of halogens is 2. The topological polar surface area (TPSA) is 58.1 Å². The quantitative estimate of drug-likeness (QED) is 0.300. The Hall–Kier alpha value is -1.43. The lowest BCUT2D eigenvalue weighted by atomic mass is 10.2. The van der Waals surface area contributed by atoms with E-state index in [9.17, 15) is 4.39 Å². The Morgan fingerprint density at radius 2 is 2.10 bits per heavy atom. The molecular weight excluding hydrogens is 518 g/mol. The van der Waals surface area contributed by atoms with Gasteiger partial charge in [0.2, 0.25) is 0 Å². The SMILES string of the molecule is CCOc1ccc(CNC(=NC)NCC(c2cccs2)N2CCOCC2)cc1F.I. The molecule has 0 radical (unpaired) electrons. The summed E-state index contributed by atoms with van der Waals surface area (Å²) >= 11 is 1.76. The van der Waals surface area contributed by atoms with Crippen LogP contribution in [0.3, 0.4) is 0 Å². The molecule has 3 rings (SSSR count). The fraction of sp³-hybridized carbons (Fsp3) is 0.476. The highest BCUT2D eigenvalue weighted by molar-refractivity contribution is 14.0. The summed E-state index contributed by atoms with van der Waals surface area (Å²) in [5.41, 5.74) is 0.830. The second kappa shape index (κ2) is 13.1. The van der Waals surface area contributed by atoms with Gasteiger partial charge in [-0.15, -0.1) is 35.3 Å². The molecule has 1 fully saturated rings. The molecule has 0 amide bonds. The molecule has 0 saturated carbocycles. The molecule has 6 nitrogen and oxygen atoms in total. The molecule has 1 aliphatic heterocycles. The van der Waals surface area contributed by atoms with Gasteiger partial charge in [-0.25, -0.2) is 4.39 Å². The molecule has 2 heterocycles. The molecule has 1 aromatic carbocycles. The monoisotopic (exact) mass is 548 g/mol. The first-order valence-corrected chi connectivity index (χ1v) is 10.8. The summed E-state index contributed by atoms with van der Waals surface area (Å²) in [5, 5.41) is 8.78. The van der Waals surface area contributed by atoms with E-state index in [1.807, 2.05) is 13.0 Å². The zero-order valence-corrected chi connectivity index (χ0v) is 20.5. The highest BCUT2D eigenvalue weighted by Crippen LogP contribution is 2.25. The van der Waals surface area contributed by atoms with Crippen LogP contribution in [0.4, 0.5) is 4.39 Å². The van der Waals surface area contributed by atoms with Gasteiger partial charge in [-0.2, -0.15) is 0 Å². The summed E-state index contributed by atoms with van der Waals surface area (Å²) in [5.74, 6) is 0.622. The van der Waals surface area contributed by atoms with E-state index in [1.54, 1.807) is 24.5 Å². The first kappa shape index (κ1) is 24.8. The Labute approximate surface area is 198 Å². The van der Waals surface area contributed by atoms with Gasteiger partial charge in [0.15, 0.2) is 17.5 Å². The van der Waals surface area contributed by atoms with Crippen molar-refractivity contribution >= 4 is 41.3 Å². The predicted molar refractivity (Wildman–Crippen MR) is 131 cm³/mol. The van der Waals surface area contributed by atoms with Gasteiger partial charge in [-0.1, -0.05) is 12.1 Å². The maximum atomic E-state index is 14.0. The van der Waals surface area contributed by atoms with E-state index >= 15 is 0 Å². The highest BCUT2D eigenvalue weighted by Gasteiger charge is 2.23. The molecule has 2 aromatic rings. The van der Waals surface area contributed by atoms with Crippen LogP contribution in [0.2, 0.25) is 0 Å². The Kier molecular flexibility index (Phi) is 10.8. The van der Waals surface area contributed by atoms with Crippen LogP contribution in [0.15, 0.2) is 40.7 Å². The van der Waals surface area contributed by atoms with Crippen LogP contribution in [0.1, 0.15) is 23.4 Å². The van der Waals surface area contributed by atoms with Crippen molar-refractivity contribution in [2.24, 2.45) is 4.99 Å². The van der Waals surface area contributed by atoms with Gasteiger partial charge in [0.05, 0.1) is 25.9 Å². The minimum absolute atomic E-state index is 0. The molecular formula is C21H30FIN4O2S. The average molecular weight is 548 g/mol. The standard InChI is InChI=1S/C21H29FN4O2S.HI/c1-3-28-19-7-6-16(13-17(19)22)14-24-21(23-2)25-15-18(20-5-4-12-29-20)26-8-10-27-11-9-26;/h4-7,12-13,18H,3,8-11,14-15H2,1-2H3,(H2,23,24,25);1H. The van der Waals surface area contributed by atoms with Crippen molar-refractivity contribution < 1.29 is 13.9 Å². The van der Waals surface area contributed by atoms with E-state index in [0.717, 1.165) is 38.4 Å². The van der Waals surface area contributed by atoms with Crippen LogP contribution >= 0.6 is 35.3 Å². The Morgan fingerprint density at radius 1 is 1.30 bits per heavy atom. The minimum Gasteiger partial charge on any atom is -0.491 e. The number of thiophene rings is 1. The van der Waals surface area contributed by atoms with Gasteiger partial charge < -0.3 is 20.1 Å². The van der Waals surface area contributed by atoms with E-state index in [4.69, 9.17) is 9.47 Å². The van der Waals surface area contributed by atoms with Gasteiger partial charge >= 0.3 is 0 Å². The molecule has 1 aliphatic rings. The van der Waals surface area contributed by atoms with Crippen molar-refractivity contribution in [3.05, 3.63) is 52.0 Å². The van der Waals surface area contributed by atoms with Crippen molar-refractivity contribution in [1.82, 2.24) is 15.5 Å². The number of hydrogen-bond acceptors (Lipinski definition) is 5. The number of nitrogens with one attached hydrogen (secondary N) is 2. The summed E-state index contributed by atoms with van der Waals surface area (Å²) in [4.78, 5) is 8.07. The van der Waals surface area contributed by atoms with Crippen molar-refractivity contribution in [2.75, 3.05) is 46.5 Å². The van der Waals surface area contributed by atoms with Crippen molar-refractivity contribution in [3.8, 4) is 5.75 Å². The number of morpholine rings is 1. The summed E-state index contributed by atoms with van der Waals surface area (Å²) in [7, 11) is 1.74.